The van der Waals surface area contributed by atoms with Crippen LogP contribution in [-0.2, 0) is 33.3 Å². The van der Waals surface area contributed by atoms with Crippen molar-refractivity contribution in [1.82, 2.24) is 0 Å². The van der Waals surface area contributed by atoms with Crippen LogP contribution in [0.2, 0.25) is 0 Å². The molecule has 0 N–H and O–H groups in total. The third-order valence-electron chi connectivity index (χ3n) is 13.5. The van der Waals surface area contributed by atoms with Crippen molar-refractivity contribution < 1.29 is 42.9 Å². The van der Waals surface area contributed by atoms with Crippen LogP contribution in [0.5, 0.6) is 0 Å². The SMILES string of the molecule is CCCCCCC/C=C\C/C=C\CCCCCCCCCCCCCCCCCCCCCCCCCCCC(=O)OC(COC(=O)CCCCCCCCCC)COC(OCC[N+](C)(C)C)C(=O)[O-]. The van der Waals surface area contributed by atoms with Gasteiger partial charge in [0.05, 0.1) is 40.3 Å². The highest BCUT2D eigenvalue weighted by Crippen LogP contribution is 2.17. The summed E-state index contributed by atoms with van der Waals surface area (Å²) < 4.78 is 22.6. The van der Waals surface area contributed by atoms with E-state index in [9.17, 15) is 19.5 Å². The van der Waals surface area contributed by atoms with Crippen molar-refractivity contribution >= 4 is 17.9 Å². The molecule has 0 aliphatic carbocycles. The summed E-state index contributed by atoms with van der Waals surface area (Å²) in [7, 11) is 5.92. The number of carbonyl (C=O) groups is 3. The average molecular weight is 991 g/mol. The summed E-state index contributed by atoms with van der Waals surface area (Å²) in [6, 6.07) is 0. The number of aliphatic carboxylic acids is 1. The highest BCUT2D eigenvalue weighted by atomic mass is 16.7. The quantitative estimate of drug-likeness (QED) is 0.0195. The molecule has 2 atom stereocenters. The second-order valence-electron chi connectivity index (χ2n) is 21.6. The number of carbonyl (C=O) groups excluding carboxylic acids is 3. The van der Waals surface area contributed by atoms with Crippen LogP contribution in [0.25, 0.3) is 0 Å². The molecule has 0 saturated heterocycles. The fourth-order valence-electron chi connectivity index (χ4n) is 8.80. The van der Waals surface area contributed by atoms with Gasteiger partial charge in [0, 0.05) is 12.8 Å². The Morgan fingerprint density at radius 1 is 0.429 bits per heavy atom. The van der Waals surface area contributed by atoms with Crippen molar-refractivity contribution in [2.75, 3.05) is 47.5 Å². The molecule has 0 aliphatic heterocycles. The lowest BCUT2D eigenvalue weighted by Gasteiger charge is -2.26. The Bertz CT molecular complexity index is 1200. The van der Waals surface area contributed by atoms with Crippen LogP contribution < -0.4 is 5.11 Å². The molecule has 0 saturated carbocycles. The first-order chi connectivity index (χ1) is 34.1. The first kappa shape index (κ1) is 67.8. The van der Waals surface area contributed by atoms with Crippen LogP contribution >= 0.6 is 0 Å². The number of ether oxygens (including phenoxy) is 4. The molecule has 2 unspecified atom stereocenters. The fourth-order valence-corrected chi connectivity index (χ4v) is 8.80. The standard InChI is InChI=1S/C61H115NO8/c1-6-8-10-12-14-16-17-18-19-20-21-22-23-24-25-26-27-28-29-30-31-32-33-34-35-36-37-38-39-40-41-42-43-44-46-48-50-52-59(64)70-57(56-69-61(60(65)66)67-54-53-62(3,4)5)55-68-58(63)51-49-47-45-15-13-11-9-7-2/h17-18,20-21,57,61H,6-16,19,22-56H2,1-5H3/b18-17-,21-20-. The van der Waals surface area contributed by atoms with Crippen LogP contribution in [0.3, 0.4) is 0 Å². The maximum absolute atomic E-state index is 12.8. The molecule has 0 bridgehead atoms. The van der Waals surface area contributed by atoms with E-state index in [1.807, 2.05) is 21.1 Å². The van der Waals surface area contributed by atoms with Gasteiger partial charge in [0.1, 0.15) is 13.2 Å². The van der Waals surface area contributed by atoms with Gasteiger partial charge in [-0.1, -0.05) is 256 Å². The van der Waals surface area contributed by atoms with E-state index in [1.54, 1.807) is 0 Å². The Morgan fingerprint density at radius 2 is 0.771 bits per heavy atom. The molecule has 412 valence electrons. The van der Waals surface area contributed by atoms with Gasteiger partial charge in [0.15, 0.2) is 12.4 Å². The first-order valence-electron chi connectivity index (χ1n) is 30.0. The molecule has 0 rings (SSSR count). The molecule has 9 nitrogen and oxygen atoms in total. The number of carboxylic acids is 1. The van der Waals surface area contributed by atoms with Crippen molar-refractivity contribution in [2.45, 2.75) is 302 Å². The Balaban J connectivity index is 3.86. The van der Waals surface area contributed by atoms with Crippen LogP contribution in [0.4, 0.5) is 0 Å². The molecule has 0 radical (unpaired) electrons. The van der Waals surface area contributed by atoms with Gasteiger partial charge in [0.25, 0.3) is 0 Å². The number of hydrogen-bond acceptors (Lipinski definition) is 8. The van der Waals surface area contributed by atoms with Crippen molar-refractivity contribution in [1.29, 1.82) is 0 Å². The number of unbranched alkanes of at least 4 members (excludes halogenated alkanes) is 37. The van der Waals surface area contributed by atoms with Crippen LogP contribution in [0.15, 0.2) is 24.3 Å². The molecule has 70 heavy (non-hydrogen) atoms. The summed E-state index contributed by atoms with van der Waals surface area (Å²) in [5.74, 6) is -2.27. The maximum Gasteiger partial charge on any atom is 0.306 e. The highest BCUT2D eigenvalue weighted by Gasteiger charge is 2.22. The lowest BCUT2D eigenvalue weighted by molar-refractivity contribution is -0.870. The number of carboxylic acid groups (broad SMARTS) is 1. The van der Waals surface area contributed by atoms with Crippen molar-refractivity contribution in [3.05, 3.63) is 24.3 Å². The van der Waals surface area contributed by atoms with Gasteiger partial charge in [-0.05, 0) is 44.9 Å². The Kier molecular flexibility index (Phi) is 51.4. The minimum absolute atomic E-state index is 0.151. The van der Waals surface area contributed by atoms with Gasteiger partial charge in [-0.25, -0.2) is 0 Å². The van der Waals surface area contributed by atoms with Crippen molar-refractivity contribution in [3.63, 3.8) is 0 Å². The molecule has 0 spiro atoms. The lowest BCUT2D eigenvalue weighted by atomic mass is 10.0. The van der Waals surface area contributed by atoms with E-state index in [4.69, 9.17) is 18.9 Å². The topological polar surface area (TPSA) is 111 Å². The molecule has 0 amide bonds. The Labute approximate surface area is 433 Å². The van der Waals surface area contributed by atoms with E-state index in [0.717, 1.165) is 44.9 Å². The minimum Gasteiger partial charge on any atom is -0.545 e. The third-order valence-corrected chi connectivity index (χ3v) is 13.5. The zero-order valence-electron chi connectivity index (χ0n) is 46.9. The summed E-state index contributed by atoms with van der Waals surface area (Å²) >= 11 is 0. The molecular formula is C61H115NO8. The fraction of sp³-hybridized carbons (Fsp3) is 0.885. The number of allylic oxidation sites excluding steroid dienone is 4. The molecule has 0 aliphatic rings. The summed E-state index contributed by atoms with van der Waals surface area (Å²) in [6.45, 7) is 4.73. The smallest absolute Gasteiger partial charge is 0.306 e. The third kappa shape index (κ3) is 53.6. The monoisotopic (exact) mass is 990 g/mol. The summed E-state index contributed by atoms with van der Waals surface area (Å²) in [5, 5.41) is 11.7. The predicted octanol–water partition coefficient (Wildman–Crippen LogP) is 16.2. The number of hydrogen-bond donors (Lipinski definition) is 0. The number of rotatable bonds is 56. The second-order valence-corrected chi connectivity index (χ2v) is 21.6. The first-order valence-corrected chi connectivity index (χ1v) is 30.0. The highest BCUT2D eigenvalue weighted by molar-refractivity contribution is 5.70. The minimum atomic E-state index is -1.61. The lowest BCUT2D eigenvalue weighted by Crippen LogP contribution is -2.44. The number of quaternary nitrogens is 1. The number of esters is 2. The normalized spacial score (nSPS) is 12.9. The molecule has 0 fully saturated rings. The van der Waals surface area contributed by atoms with E-state index in [1.165, 1.54) is 218 Å². The second kappa shape index (κ2) is 53.1. The van der Waals surface area contributed by atoms with Gasteiger partial charge in [-0.3, -0.25) is 9.59 Å². The average Bonchev–Trinajstić information content (AvgIpc) is 3.33. The molecule has 0 aromatic heterocycles. The van der Waals surface area contributed by atoms with Crippen LogP contribution in [0, 0.1) is 0 Å². The van der Waals surface area contributed by atoms with Gasteiger partial charge in [0.2, 0.25) is 0 Å². The van der Waals surface area contributed by atoms with Crippen molar-refractivity contribution in [2.24, 2.45) is 0 Å². The van der Waals surface area contributed by atoms with E-state index in [2.05, 4.69) is 38.2 Å². The van der Waals surface area contributed by atoms with E-state index in [0.29, 0.717) is 17.4 Å². The summed E-state index contributed by atoms with van der Waals surface area (Å²) in [4.78, 5) is 37.0. The summed E-state index contributed by atoms with van der Waals surface area (Å²) in [6.07, 6.45) is 60.0. The molecule has 0 aromatic rings. The number of nitrogens with zero attached hydrogens (tertiary/aromatic N) is 1. The van der Waals surface area contributed by atoms with Gasteiger partial charge in [-0.2, -0.15) is 0 Å². The molecule has 9 heteroatoms. The van der Waals surface area contributed by atoms with Gasteiger partial charge in [-0.15, -0.1) is 0 Å². The maximum atomic E-state index is 12.8. The Hall–Kier alpha value is -2.23. The van der Waals surface area contributed by atoms with Gasteiger partial charge < -0.3 is 33.3 Å². The molecule has 0 aromatic carbocycles. The van der Waals surface area contributed by atoms with Gasteiger partial charge >= 0.3 is 11.9 Å². The van der Waals surface area contributed by atoms with Crippen molar-refractivity contribution in [3.8, 4) is 0 Å². The zero-order valence-corrected chi connectivity index (χ0v) is 46.9. The largest absolute Gasteiger partial charge is 0.545 e. The molecular weight excluding hydrogens is 875 g/mol. The van der Waals surface area contributed by atoms with E-state index >= 15 is 0 Å². The predicted molar refractivity (Wildman–Crippen MR) is 293 cm³/mol. The van der Waals surface area contributed by atoms with E-state index < -0.39 is 24.3 Å². The van der Waals surface area contributed by atoms with E-state index in [-0.39, 0.29) is 32.2 Å². The molecule has 0 heterocycles. The Morgan fingerprint density at radius 3 is 1.13 bits per heavy atom. The van der Waals surface area contributed by atoms with Crippen LogP contribution in [-0.4, -0.2) is 82.3 Å². The number of likely N-dealkylation sites (N-methyl/N-ethyl adjacent to an activating group) is 1. The summed E-state index contributed by atoms with van der Waals surface area (Å²) in [5.41, 5.74) is 0. The zero-order chi connectivity index (χ0) is 51.3. The van der Waals surface area contributed by atoms with Crippen LogP contribution in [0.1, 0.15) is 290 Å².